The quantitative estimate of drug-likeness (QED) is 0.588. The van der Waals surface area contributed by atoms with E-state index in [0.29, 0.717) is 37.2 Å². The second-order valence-corrected chi connectivity index (χ2v) is 8.77. The van der Waals surface area contributed by atoms with Crippen molar-refractivity contribution < 1.29 is 36.6 Å². The van der Waals surface area contributed by atoms with Gasteiger partial charge in [0.15, 0.2) is 5.75 Å². The number of nitrogens with one attached hydrogen (secondary N) is 1. The van der Waals surface area contributed by atoms with Crippen LogP contribution in [0.25, 0.3) is 0 Å². The predicted molar refractivity (Wildman–Crippen MR) is 117 cm³/mol. The highest BCUT2D eigenvalue weighted by molar-refractivity contribution is 5.94. The van der Waals surface area contributed by atoms with Gasteiger partial charge >= 0.3 is 12.3 Å². The monoisotopic (exact) mass is 497 g/mol. The van der Waals surface area contributed by atoms with Crippen molar-refractivity contribution in [2.75, 3.05) is 13.2 Å². The summed E-state index contributed by atoms with van der Waals surface area (Å²) < 4.78 is 65.4. The van der Waals surface area contributed by atoms with E-state index in [1.54, 1.807) is 16.4 Å². The molecule has 190 valence electrons. The van der Waals surface area contributed by atoms with Crippen molar-refractivity contribution in [3.63, 3.8) is 0 Å². The number of amides is 2. The number of hydrogen-bond acceptors (Lipinski definition) is 4. The Hall–Kier alpha value is -3.08. The van der Waals surface area contributed by atoms with Gasteiger partial charge in [0, 0.05) is 25.2 Å². The maximum absolute atomic E-state index is 14.0. The van der Waals surface area contributed by atoms with Gasteiger partial charge in [-0.1, -0.05) is 13.0 Å². The van der Waals surface area contributed by atoms with Gasteiger partial charge in [-0.25, -0.2) is 9.18 Å². The summed E-state index contributed by atoms with van der Waals surface area (Å²) in [5, 5.41) is 2.57. The number of hydrogen-bond donors (Lipinski definition) is 1. The van der Waals surface area contributed by atoms with Crippen LogP contribution in [0.4, 0.5) is 22.4 Å². The number of carbonyl (C=O) groups excluding carboxylic acids is 2. The van der Waals surface area contributed by atoms with Gasteiger partial charge < -0.3 is 24.3 Å². The third-order valence-electron chi connectivity index (χ3n) is 6.50. The Morgan fingerprint density at radius 1 is 1.26 bits per heavy atom. The molecule has 1 aromatic heterocycles. The number of aromatic nitrogens is 1. The molecule has 35 heavy (non-hydrogen) atoms. The van der Waals surface area contributed by atoms with Crippen LogP contribution in [0.5, 0.6) is 5.75 Å². The molecular formula is C24H27F4N3O4. The Morgan fingerprint density at radius 2 is 2.03 bits per heavy atom. The normalized spacial score (nSPS) is 18.8. The molecule has 0 spiro atoms. The summed E-state index contributed by atoms with van der Waals surface area (Å²) in [4.78, 5) is 27.6. The zero-order chi connectivity index (χ0) is 25.3. The van der Waals surface area contributed by atoms with E-state index in [-0.39, 0.29) is 36.3 Å². The lowest BCUT2D eigenvalue weighted by Crippen LogP contribution is -2.35. The Balaban J connectivity index is 1.52. The van der Waals surface area contributed by atoms with Crippen LogP contribution in [0.15, 0.2) is 24.3 Å². The molecule has 7 nitrogen and oxygen atoms in total. The number of ether oxygens (including phenoxy) is 2. The molecule has 0 saturated carbocycles. The Bertz CT molecular complexity index is 1110. The molecule has 0 aliphatic carbocycles. The van der Waals surface area contributed by atoms with E-state index < -0.39 is 29.7 Å². The van der Waals surface area contributed by atoms with Crippen LogP contribution in [0.2, 0.25) is 0 Å². The Kier molecular flexibility index (Phi) is 7.07. The van der Waals surface area contributed by atoms with Crippen molar-refractivity contribution in [3.8, 4) is 5.75 Å². The van der Waals surface area contributed by atoms with Crippen molar-refractivity contribution in [2.45, 2.75) is 64.5 Å². The van der Waals surface area contributed by atoms with Crippen LogP contribution in [0, 0.1) is 5.82 Å². The largest absolute Gasteiger partial charge is 0.419 e. The highest BCUT2D eigenvalue weighted by Crippen LogP contribution is 2.33. The van der Waals surface area contributed by atoms with Crippen LogP contribution in [-0.4, -0.2) is 40.7 Å². The molecule has 2 amide bonds. The summed E-state index contributed by atoms with van der Waals surface area (Å²) in [6, 6.07) is 3.41. The number of benzene rings is 1. The summed E-state index contributed by atoms with van der Waals surface area (Å²) in [6.45, 7) is 5.37. The summed E-state index contributed by atoms with van der Waals surface area (Å²) in [6.07, 6.45) is -3.54. The number of nitrogens with zero attached hydrogens (tertiary/aromatic N) is 2. The maximum atomic E-state index is 14.0. The van der Waals surface area contributed by atoms with E-state index in [1.807, 2.05) is 6.92 Å². The molecule has 0 bridgehead atoms. The van der Waals surface area contributed by atoms with E-state index >= 15 is 0 Å². The van der Waals surface area contributed by atoms with Crippen molar-refractivity contribution in [2.24, 2.45) is 0 Å². The molecule has 2 atom stereocenters. The minimum atomic E-state index is -4.81. The lowest BCUT2D eigenvalue weighted by atomic mass is 10.0. The van der Waals surface area contributed by atoms with Crippen LogP contribution in [0.1, 0.15) is 66.5 Å². The molecular weight excluding hydrogens is 470 g/mol. The molecule has 1 N–H and O–H groups in total. The van der Waals surface area contributed by atoms with Gasteiger partial charge in [-0.3, -0.25) is 4.79 Å². The van der Waals surface area contributed by atoms with E-state index in [1.165, 1.54) is 6.07 Å². The SMILES string of the molecule is CC[C@@H](NC(=O)Oc1cc(C(=O)N2CCC[C@@H]2C)n2c1COCC2)c1ccc(C(F)(F)F)c(F)c1. The smallest absolute Gasteiger partial charge is 0.408 e. The number of halogens is 4. The minimum Gasteiger partial charge on any atom is -0.408 e. The molecule has 1 saturated heterocycles. The van der Waals surface area contributed by atoms with Gasteiger partial charge in [-0.05, 0) is 43.9 Å². The first kappa shape index (κ1) is 25.0. The van der Waals surface area contributed by atoms with Gasteiger partial charge in [-0.2, -0.15) is 13.2 Å². The lowest BCUT2D eigenvalue weighted by molar-refractivity contribution is -0.140. The Labute approximate surface area is 200 Å². The highest BCUT2D eigenvalue weighted by Gasteiger charge is 2.35. The molecule has 2 aliphatic heterocycles. The third kappa shape index (κ3) is 5.14. The number of alkyl halides is 3. The fourth-order valence-corrected chi connectivity index (χ4v) is 4.61. The van der Waals surface area contributed by atoms with Crippen LogP contribution < -0.4 is 10.1 Å². The van der Waals surface area contributed by atoms with Crippen LogP contribution in [-0.2, 0) is 24.1 Å². The van der Waals surface area contributed by atoms with E-state index in [9.17, 15) is 27.2 Å². The maximum Gasteiger partial charge on any atom is 0.419 e. The second-order valence-electron chi connectivity index (χ2n) is 8.77. The number of carbonyl (C=O) groups is 2. The lowest BCUT2D eigenvalue weighted by Gasteiger charge is -2.24. The Morgan fingerprint density at radius 3 is 2.66 bits per heavy atom. The standard InChI is InChI=1S/C24H27F4N3O4/c1-3-18(15-6-7-16(17(25)11-15)24(26,27)28)29-23(33)35-21-12-19(31-9-10-34-13-20(21)31)22(32)30-8-4-5-14(30)2/h6-7,11-12,14,18H,3-5,8-10,13H2,1-2H3,(H,29,33)/t14-,18+/m0/s1. The second kappa shape index (κ2) is 9.88. The summed E-state index contributed by atoms with van der Waals surface area (Å²) in [5.74, 6) is -1.38. The average molecular weight is 497 g/mol. The molecule has 1 fully saturated rings. The van der Waals surface area contributed by atoms with Gasteiger partial charge in [0.1, 0.15) is 11.5 Å². The first-order chi connectivity index (χ1) is 16.6. The fourth-order valence-electron chi connectivity index (χ4n) is 4.61. The van der Waals surface area contributed by atoms with E-state index in [0.717, 1.165) is 25.0 Å². The number of fused-ring (bicyclic) bond motifs is 1. The zero-order valence-electron chi connectivity index (χ0n) is 19.5. The number of likely N-dealkylation sites (tertiary alicyclic amines) is 1. The first-order valence-corrected chi connectivity index (χ1v) is 11.6. The van der Waals surface area contributed by atoms with Crippen LogP contribution in [0.3, 0.4) is 0 Å². The summed E-state index contributed by atoms with van der Waals surface area (Å²) >= 11 is 0. The third-order valence-corrected chi connectivity index (χ3v) is 6.50. The molecule has 0 radical (unpaired) electrons. The summed E-state index contributed by atoms with van der Waals surface area (Å²) in [7, 11) is 0. The topological polar surface area (TPSA) is 72.8 Å². The fraction of sp³-hybridized carbons (Fsp3) is 0.500. The zero-order valence-corrected chi connectivity index (χ0v) is 19.5. The van der Waals surface area contributed by atoms with Crippen molar-refractivity contribution in [1.29, 1.82) is 0 Å². The van der Waals surface area contributed by atoms with Crippen molar-refractivity contribution in [1.82, 2.24) is 14.8 Å². The molecule has 0 unspecified atom stereocenters. The van der Waals surface area contributed by atoms with E-state index in [4.69, 9.17) is 9.47 Å². The van der Waals surface area contributed by atoms with E-state index in [2.05, 4.69) is 5.32 Å². The average Bonchev–Trinajstić information content (AvgIpc) is 3.40. The van der Waals surface area contributed by atoms with Gasteiger partial charge in [0.05, 0.1) is 30.5 Å². The van der Waals surface area contributed by atoms with Gasteiger partial charge in [-0.15, -0.1) is 0 Å². The molecule has 2 aromatic rings. The minimum absolute atomic E-state index is 0.121. The van der Waals surface area contributed by atoms with Gasteiger partial charge in [0.25, 0.3) is 5.91 Å². The molecule has 2 aliphatic rings. The number of rotatable bonds is 5. The predicted octanol–water partition coefficient (Wildman–Crippen LogP) is 5.04. The van der Waals surface area contributed by atoms with Crippen molar-refractivity contribution >= 4 is 12.0 Å². The van der Waals surface area contributed by atoms with Gasteiger partial charge in [0.2, 0.25) is 0 Å². The molecule has 1 aromatic carbocycles. The highest BCUT2D eigenvalue weighted by atomic mass is 19.4. The first-order valence-electron chi connectivity index (χ1n) is 11.6. The molecule has 4 rings (SSSR count). The molecule has 3 heterocycles. The van der Waals surface area contributed by atoms with Crippen molar-refractivity contribution in [3.05, 3.63) is 52.6 Å². The summed E-state index contributed by atoms with van der Waals surface area (Å²) in [5.41, 5.74) is -0.230. The molecule has 11 heteroatoms. The van der Waals surface area contributed by atoms with Crippen LogP contribution >= 0.6 is 0 Å².